The fourth-order valence-electron chi connectivity index (χ4n) is 0.921. The number of hydrogen-bond donors (Lipinski definition) is 2. The van der Waals surface area contributed by atoms with Gasteiger partial charge in [-0.15, -0.1) is 0 Å². The lowest BCUT2D eigenvalue weighted by Crippen LogP contribution is -2.06. The Hall–Kier alpha value is -1.40. The lowest BCUT2D eigenvalue weighted by atomic mass is 10.3. The van der Waals surface area contributed by atoms with Gasteiger partial charge in [-0.25, -0.2) is 0 Å². The highest BCUT2D eigenvalue weighted by Crippen LogP contribution is 2.13. The van der Waals surface area contributed by atoms with E-state index in [0.717, 1.165) is 0 Å². The van der Waals surface area contributed by atoms with Crippen LogP contribution in [0.4, 0.5) is 11.4 Å². The fourth-order valence-corrected chi connectivity index (χ4v) is 1.25. The van der Waals surface area contributed by atoms with E-state index in [0.29, 0.717) is 11.4 Å². The fraction of sp³-hybridized carbons (Fsp3) is 0.125. The Balaban J connectivity index is 2.68. The molecule has 6 heteroatoms. The topological polar surface area (TPSA) is 81.3 Å². The molecule has 0 heterocycles. The summed E-state index contributed by atoms with van der Waals surface area (Å²) >= 11 is -2.32. The van der Waals surface area contributed by atoms with Gasteiger partial charge in [-0.2, -0.15) is 0 Å². The maximum atomic E-state index is 10.7. The van der Waals surface area contributed by atoms with E-state index in [4.69, 9.17) is 0 Å². The number of carbonyl (C=O) groups is 1. The Bertz CT molecular complexity index is 315. The zero-order valence-electron chi connectivity index (χ0n) is 7.44. The predicted octanol–water partition coefficient (Wildman–Crippen LogP) is 0.851. The van der Waals surface area contributed by atoms with Crippen LogP contribution in [0.2, 0.25) is 0 Å². The summed E-state index contributed by atoms with van der Waals surface area (Å²) in [6, 6.07) is 6.33. The third-order valence-electron chi connectivity index (χ3n) is 1.41. The Morgan fingerprint density at radius 1 is 1.29 bits per heavy atom. The number of anilines is 2. The van der Waals surface area contributed by atoms with E-state index in [9.17, 15) is 13.6 Å². The van der Waals surface area contributed by atoms with Crippen LogP contribution in [0.1, 0.15) is 6.92 Å². The van der Waals surface area contributed by atoms with Gasteiger partial charge in [-0.3, -0.25) is 9.00 Å². The number of amides is 1. The Kier molecular flexibility index (Phi) is 3.61. The van der Waals surface area contributed by atoms with Crippen molar-refractivity contribution in [2.45, 2.75) is 6.92 Å². The normalized spacial score (nSPS) is 11.9. The second-order valence-corrected chi connectivity index (χ2v) is 3.27. The van der Waals surface area contributed by atoms with Gasteiger partial charge in [0.2, 0.25) is 5.91 Å². The Labute approximate surface area is 83.9 Å². The number of benzene rings is 1. The molecule has 0 aliphatic heterocycles. The van der Waals surface area contributed by atoms with Crippen molar-refractivity contribution in [2.75, 3.05) is 10.0 Å². The largest absolute Gasteiger partial charge is 0.755 e. The van der Waals surface area contributed by atoms with Crippen molar-refractivity contribution in [3.8, 4) is 0 Å². The molecule has 0 spiro atoms. The van der Waals surface area contributed by atoms with Gasteiger partial charge in [0, 0.05) is 29.6 Å². The average molecular weight is 213 g/mol. The lowest BCUT2D eigenvalue weighted by molar-refractivity contribution is -0.114. The second kappa shape index (κ2) is 4.73. The van der Waals surface area contributed by atoms with Crippen LogP contribution in [-0.2, 0) is 16.1 Å². The van der Waals surface area contributed by atoms with E-state index in [2.05, 4.69) is 10.0 Å². The van der Waals surface area contributed by atoms with Gasteiger partial charge in [0.05, 0.1) is 0 Å². The third-order valence-corrected chi connectivity index (χ3v) is 1.81. The quantitative estimate of drug-likeness (QED) is 0.730. The maximum Gasteiger partial charge on any atom is 0.221 e. The molecule has 76 valence electrons. The van der Waals surface area contributed by atoms with Crippen LogP contribution >= 0.6 is 0 Å². The summed E-state index contributed by atoms with van der Waals surface area (Å²) in [7, 11) is 0. The first-order chi connectivity index (χ1) is 6.58. The van der Waals surface area contributed by atoms with Gasteiger partial charge in [-0.1, -0.05) is 0 Å². The summed E-state index contributed by atoms with van der Waals surface area (Å²) in [5.41, 5.74) is 1.08. The van der Waals surface area contributed by atoms with E-state index in [1.54, 1.807) is 24.3 Å². The summed E-state index contributed by atoms with van der Waals surface area (Å²) in [6.07, 6.45) is 0. The van der Waals surface area contributed by atoms with Crippen molar-refractivity contribution in [3.63, 3.8) is 0 Å². The van der Waals surface area contributed by atoms with Crippen LogP contribution in [0.3, 0.4) is 0 Å². The van der Waals surface area contributed by atoms with Crippen LogP contribution in [0, 0.1) is 0 Å². The lowest BCUT2D eigenvalue weighted by Gasteiger charge is -2.09. The van der Waals surface area contributed by atoms with Gasteiger partial charge in [-0.05, 0) is 24.3 Å². The minimum Gasteiger partial charge on any atom is -0.755 e. The number of nitrogens with one attached hydrogen (secondary N) is 2. The standard InChI is InChI=1S/C8H10N2O3S/c1-6(11)9-7-2-4-8(5-3-7)10-14(12)13/h2-5,10H,1H3,(H,9,11)(H,12,13)/p-1. The minimum absolute atomic E-state index is 0.168. The molecule has 1 atom stereocenters. The zero-order chi connectivity index (χ0) is 10.6. The molecular weight excluding hydrogens is 204 g/mol. The smallest absolute Gasteiger partial charge is 0.221 e. The van der Waals surface area contributed by atoms with Crippen LogP contribution in [-0.4, -0.2) is 14.7 Å². The van der Waals surface area contributed by atoms with Crippen molar-refractivity contribution in [2.24, 2.45) is 0 Å². The highest BCUT2D eigenvalue weighted by atomic mass is 32.2. The van der Waals surface area contributed by atoms with E-state index >= 15 is 0 Å². The SMILES string of the molecule is CC(=O)Nc1ccc(NS(=O)[O-])cc1. The molecule has 0 aliphatic carbocycles. The van der Waals surface area contributed by atoms with E-state index < -0.39 is 11.3 Å². The van der Waals surface area contributed by atoms with E-state index in [-0.39, 0.29) is 5.91 Å². The molecule has 1 unspecified atom stereocenters. The first kappa shape index (κ1) is 10.7. The number of carbonyl (C=O) groups excluding carboxylic acids is 1. The molecule has 0 radical (unpaired) electrons. The molecule has 1 aromatic rings. The highest BCUT2D eigenvalue weighted by molar-refractivity contribution is 7.80. The molecule has 0 fully saturated rings. The van der Waals surface area contributed by atoms with Gasteiger partial charge < -0.3 is 14.6 Å². The monoisotopic (exact) mass is 213 g/mol. The molecule has 1 rings (SSSR count). The molecule has 0 bridgehead atoms. The number of rotatable bonds is 3. The van der Waals surface area contributed by atoms with Crippen LogP contribution in [0.15, 0.2) is 24.3 Å². The summed E-state index contributed by atoms with van der Waals surface area (Å²) in [4.78, 5) is 10.7. The summed E-state index contributed by atoms with van der Waals surface area (Å²) in [5, 5.41) is 2.56. The Morgan fingerprint density at radius 3 is 2.21 bits per heavy atom. The maximum absolute atomic E-state index is 10.7. The molecule has 5 nitrogen and oxygen atoms in total. The van der Waals surface area contributed by atoms with Crippen molar-refractivity contribution >= 4 is 28.5 Å². The Morgan fingerprint density at radius 2 is 1.79 bits per heavy atom. The van der Waals surface area contributed by atoms with Crippen molar-refractivity contribution < 1.29 is 13.6 Å². The molecule has 1 aromatic carbocycles. The first-order valence-electron chi connectivity index (χ1n) is 3.81. The van der Waals surface area contributed by atoms with Gasteiger partial charge >= 0.3 is 0 Å². The third kappa shape index (κ3) is 3.55. The van der Waals surface area contributed by atoms with Gasteiger partial charge in [0.25, 0.3) is 0 Å². The predicted molar refractivity (Wildman–Crippen MR) is 53.3 cm³/mol. The molecule has 0 aliphatic rings. The molecule has 14 heavy (non-hydrogen) atoms. The molecule has 0 saturated heterocycles. The summed E-state index contributed by atoms with van der Waals surface area (Å²) in [6.45, 7) is 1.40. The van der Waals surface area contributed by atoms with Crippen LogP contribution < -0.4 is 10.0 Å². The second-order valence-electron chi connectivity index (χ2n) is 2.60. The highest BCUT2D eigenvalue weighted by Gasteiger charge is 1.95. The molecule has 2 N–H and O–H groups in total. The van der Waals surface area contributed by atoms with Crippen molar-refractivity contribution in [3.05, 3.63) is 24.3 Å². The van der Waals surface area contributed by atoms with E-state index in [1.807, 2.05) is 0 Å². The molecule has 0 aromatic heterocycles. The average Bonchev–Trinajstić information content (AvgIpc) is 2.06. The van der Waals surface area contributed by atoms with Crippen LogP contribution in [0.25, 0.3) is 0 Å². The molecule has 0 saturated carbocycles. The van der Waals surface area contributed by atoms with Crippen LogP contribution in [0.5, 0.6) is 0 Å². The zero-order valence-corrected chi connectivity index (χ0v) is 8.26. The van der Waals surface area contributed by atoms with E-state index in [1.165, 1.54) is 6.92 Å². The first-order valence-corrected chi connectivity index (χ1v) is 4.89. The summed E-state index contributed by atoms with van der Waals surface area (Å²) in [5.74, 6) is -0.168. The van der Waals surface area contributed by atoms with Crippen molar-refractivity contribution in [1.29, 1.82) is 0 Å². The number of hydrogen-bond acceptors (Lipinski definition) is 3. The minimum atomic E-state index is -2.32. The molecule has 1 amide bonds. The molecular formula is C8H9N2O3S-. The van der Waals surface area contributed by atoms with Crippen molar-refractivity contribution in [1.82, 2.24) is 0 Å². The van der Waals surface area contributed by atoms with Gasteiger partial charge in [0.1, 0.15) is 0 Å². The van der Waals surface area contributed by atoms with Gasteiger partial charge in [0.15, 0.2) is 0 Å². The summed E-state index contributed by atoms with van der Waals surface area (Å²) < 4.78 is 22.7.